The summed E-state index contributed by atoms with van der Waals surface area (Å²) < 4.78 is 0. The van der Waals surface area contributed by atoms with Gasteiger partial charge in [-0.25, -0.2) is 0 Å². The number of hydrogen-bond acceptors (Lipinski definition) is 2. The van der Waals surface area contributed by atoms with E-state index in [-0.39, 0.29) is 11.5 Å². The number of nitrogens with zero attached hydrogens (tertiary/aromatic N) is 1. The molecule has 1 aromatic rings. The van der Waals surface area contributed by atoms with Gasteiger partial charge in [0.2, 0.25) is 0 Å². The molecule has 0 aromatic carbocycles. The molecule has 0 saturated carbocycles. The Hall–Kier alpha value is -1.12. The van der Waals surface area contributed by atoms with Crippen LogP contribution in [-0.2, 0) is 0 Å². The Bertz CT molecular complexity index is 301. The third-order valence-electron chi connectivity index (χ3n) is 1.49. The fourth-order valence-electron chi connectivity index (χ4n) is 0.908. The van der Waals surface area contributed by atoms with Gasteiger partial charge in [0.05, 0.1) is 5.69 Å². The molecule has 0 saturated heterocycles. The molecule has 0 radical (unpaired) electrons. The van der Waals surface area contributed by atoms with Crippen molar-refractivity contribution in [1.29, 1.82) is 0 Å². The Morgan fingerprint density at radius 1 is 1.55 bits per heavy atom. The summed E-state index contributed by atoms with van der Waals surface area (Å²) in [6.45, 7) is 5.77. The molecule has 1 heterocycles. The number of rotatable bonds is 1. The molecule has 0 aliphatic carbocycles. The van der Waals surface area contributed by atoms with Gasteiger partial charge in [0.15, 0.2) is 0 Å². The van der Waals surface area contributed by atoms with Crippen LogP contribution >= 0.6 is 0 Å². The van der Waals surface area contributed by atoms with Crippen LogP contribution in [0.5, 0.6) is 0 Å². The molecule has 3 heteroatoms. The van der Waals surface area contributed by atoms with E-state index in [1.807, 2.05) is 20.8 Å². The highest BCUT2D eigenvalue weighted by atomic mass is 16.1. The molecule has 0 unspecified atom stereocenters. The molecular formula is C8H12N2O. The van der Waals surface area contributed by atoms with Gasteiger partial charge in [-0.1, -0.05) is 13.8 Å². The van der Waals surface area contributed by atoms with Gasteiger partial charge in [0.25, 0.3) is 5.56 Å². The van der Waals surface area contributed by atoms with Crippen molar-refractivity contribution in [2.24, 2.45) is 0 Å². The fourth-order valence-corrected chi connectivity index (χ4v) is 0.908. The largest absolute Gasteiger partial charge is 0.326 e. The standard InChI is InChI=1S/C8H12N2O/c1-5(2)7-8(11)9-4-6(3)10-7/h4-5H,1-3H3,(H,9,11). The highest BCUT2D eigenvalue weighted by Crippen LogP contribution is 2.04. The summed E-state index contributed by atoms with van der Waals surface area (Å²) in [7, 11) is 0. The lowest BCUT2D eigenvalue weighted by Gasteiger charge is -2.02. The Morgan fingerprint density at radius 3 is 2.64 bits per heavy atom. The molecular weight excluding hydrogens is 140 g/mol. The maximum absolute atomic E-state index is 11.1. The molecule has 60 valence electrons. The van der Waals surface area contributed by atoms with Crippen LogP contribution < -0.4 is 5.56 Å². The molecule has 0 aliphatic rings. The van der Waals surface area contributed by atoms with Crippen molar-refractivity contribution in [3.63, 3.8) is 0 Å². The van der Waals surface area contributed by atoms with E-state index >= 15 is 0 Å². The van der Waals surface area contributed by atoms with Gasteiger partial charge in [0, 0.05) is 12.1 Å². The minimum Gasteiger partial charge on any atom is -0.326 e. The molecule has 1 aromatic heterocycles. The van der Waals surface area contributed by atoms with E-state index in [1.54, 1.807) is 6.20 Å². The summed E-state index contributed by atoms with van der Waals surface area (Å²) in [5, 5.41) is 0. The first kappa shape index (κ1) is 7.98. The van der Waals surface area contributed by atoms with Gasteiger partial charge < -0.3 is 4.98 Å². The molecule has 0 aliphatic heterocycles. The Labute approximate surface area is 65.5 Å². The van der Waals surface area contributed by atoms with Gasteiger partial charge in [-0.15, -0.1) is 0 Å². The van der Waals surface area contributed by atoms with Crippen molar-refractivity contribution in [2.75, 3.05) is 0 Å². The van der Waals surface area contributed by atoms with E-state index in [0.717, 1.165) is 5.69 Å². The Morgan fingerprint density at radius 2 is 2.18 bits per heavy atom. The van der Waals surface area contributed by atoms with Crippen molar-refractivity contribution in [3.8, 4) is 0 Å². The molecule has 11 heavy (non-hydrogen) atoms. The Balaban J connectivity index is 3.24. The van der Waals surface area contributed by atoms with E-state index in [2.05, 4.69) is 9.97 Å². The lowest BCUT2D eigenvalue weighted by atomic mass is 10.1. The smallest absolute Gasteiger partial charge is 0.269 e. The maximum atomic E-state index is 11.1. The van der Waals surface area contributed by atoms with E-state index < -0.39 is 0 Å². The highest BCUT2D eigenvalue weighted by molar-refractivity contribution is 5.05. The van der Waals surface area contributed by atoms with Crippen molar-refractivity contribution < 1.29 is 0 Å². The summed E-state index contributed by atoms with van der Waals surface area (Å²) in [6.07, 6.45) is 1.62. The topological polar surface area (TPSA) is 45.8 Å². The summed E-state index contributed by atoms with van der Waals surface area (Å²) in [5.41, 5.74) is 1.39. The second-order valence-corrected chi connectivity index (χ2v) is 2.91. The molecule has 0 spiro atoms. The average Bonchev–Trinajstić information content (AvgIpc) is 1.94. The van der Waals surface area contributed by atoms with E-state index in [4.69, 9.17) is 0 Å². The molecule has 0 bridgehead atoms. The van der Waals surface area contributed by atoms with Crippen LogP contribution in [0.1, 0.15) is 31.2 Å². The van der Waals surface area contributed by atoms with Crippen LogP contribution in [0.25, 0.3) is 0 Å². The molecule has 0 amide bonds. The Kier molecular flexibility index (Phi) is 2.08. The first-order chi connectivity index (χ1) is 5.11. The summed E-state index contributed by atoms with van der Waals surface area (Å²) in [5.74, 6) is 0.193. The minimum absolute atomic E-state index is 0.0781. The lowest BCUT2D eigenvalue weighted by Crippen LogP contribution is -2.16. The normalized spacial score (nSPS) is 10.5. The van der Waals surface area contributed by atoms with Crippen molar-refractivity contribution in [3.05, 3.63) is 27.9 Å². The molecule has 1 N–H and O–H groups in total. The van der Waals surface area contributed by atoms with Gasteiger partial charge in [-0.3, -0.25) is 9.78 Å². The van der Waals surface area contributed by atoms with Crippen LogP contribution in [0.2, 0.25) is 0 Å². The molecule has 0 atom stereocenters. The second kappa shape index (κ2) is 2.86. The number of aromatic amines is 1. The van der Waals surface area contributed by atoms with Crippen LogP contribution in [0.3, 0.4) is 0 Å². The number of hydrogen-bond donors (Lipinski definition) is 1. The summed E-state index contributed by atoms with van der Waals surface area (Å²) in [4.78, 5) is 17.9. The van der Waals surface area contributed by atoms with Crippen molar-refractivity contribution >= 4 is 0 Å². The van der Waals surface area contributed by atoms with Crippen LogP contribution in [0.15, 0.2) is 11.0 Å². The van der Waals surface area contributed by atoms with E-state index in [9.17, 15) is 4.79 Å². The number of aromatic nitrogens is 2. The SMILES string of the molecule is Cc1c[nH]c(=O)c(C(C)C)n1. The zero-order valence-electron chi connectivity index (χ0n) is 7.01. The molecule has 1 rings (SSSR count). The third-order valence-corrected chi connectivity index (χ3v) is 1.49. The first-order valence-corrected chi connectivity index (χ1v) is 3.67. The van der Waals surface area contributed by atoms with E-state index in [1.165, 1.54) is 0 Å². The quantitative estimate of drug-likeness (QED) is 0.657. The van der Waals surface area contributed by atoms with E-state index in [0.29, 0.717) is 5.69 Å². The monoisotopic (exact) mass is 152 g/mol. The first-order valence-electron chi connectivity index (χ1n) is 3.67. The highest BCUT2D eigenvalue weighted by Gasteiger charge is 2.05. The van der Waals surface area contributed by atoms with Crippen LogP contribution in [-0.4, -0.2) is 9.97 Å². The fraction of sp³-hybridized carbons (Fsp3) is 0.500. The zero-order chi connectivity index (χ0) is 8.43. The predicted octanol–water partition coefficient (Wildman–Crippen LogP) is 1.20. The van der Waals surface area contributed by atoms with Crippen LogP contribution in [0.4, 0.5) is 0 Å². The number of aryl methyl sites for hydroxylation is 1. The van der Waals surface area contributed by atoms with Gasteiger partial charge in [-0.2, -0.15) is 0 Å². The van der Waals surface area contributed by atoms with Gasteiger partial charge >= 0.3 is 0 Å². The number of H-pyrrole nitrogens is 1. The summed E-state index contributed by atoms with van der Waals surface area (Å²) >= 11 is 0. The second-order valence-electron chi connectivity index (χ2n) is 2.91. The number of nitrogens with one attached hydrogen (secondary N) is 1. The van der Waals surface area contributed by atoms with Crippen LogP contribution in [0, 0.1) is 6.92 Å². The minimum atomic E-state index is -0.0781. The third kappa shape index (κ3) is 1.67. The molecule has 0 fully saturated rings. The maximum Gasteiger partial charge on any atom is 0.269 e. The molecule has 3 nitrogen and oxygen atoms in total. The summed E-state index contributed by atoms with van der Waals surface area (Å²) in [6, 6.07) is 0. The zero-order valence-corrected chi connectivity index (χ0v) is 7.01. The van der Waals surface area contributed by atoms with Gasteiger partial charge in [0.1, 0.15) is 5.69 Å². The van der Waals surface area contributed by atoms with Gasteiger partial charge in [-0.05, 0) is 6.92 Å². The average molecular weight is 152 g/mol. The predicted molar refractivity (Wildman–Crippen MR) is 43.7 cm³/mol. The van der Waals surface area contributed by atoms with Crippen molar-refractivity contribution in [1.82, 2.24) is 9.97 Å². The lowest BCUT2D eigenvalue weighted by molar-refractivity contribution is 0.787. The van der Waals surface area contributed by atoms with Crippen molar-refractivity contribution in [2.45, 2.75) is 26.7 Å².